The van der Waals surface area contributed by atoms with Crippen LogP contribution in [0, 0.1) is 17.8 Å². The summed E-state index contributed by atoms with van der Waals surface area (Å²) >= 11 is 21.1. The minimum absolute atomic E-state index is 0.125. The van der Waals surface area contributed by atoms with Crippen molar-refractivity contribution in [2.75, 3.05) is 12.6 Å². The number of hydrogen-bond acceptors (Lipinski definition) is 6. The zero-order valence-electron chi connectivity index (χ0n) is 21.7. The van der Waals surface area contributed by atoms with Gasteiger partial charge in [0.2, 0.25) is 11.8 Å². The van der Waals surface area contributed by atoms with E-state index in [4.69, 9.17) is 27.9 Å². The number of carbonyl (C=O) groups excluding carboxylic acids is 4. The molecule has 0 radical (unpaired) electrons. The van der Waals surface area contributed by atoms with E-state index in [1.807, 2.05) is 36.4 Å². The monoisotopic (exact) mass is 724 g/mol. The molecule has 0 spiro atoms. The van der Waals surface area contributed by atoms with E-state index in [1.165, 1.54) is 12.0 Å². The van der Waals surface area contributed by atoms with Crippen molar-refractivity contribution < 1.29 is 29.0 Å². The van der Waals surface area contributed by atoms with Crippen molar-refractivity contribution in [3.8, 4) is 11.5 Å². The number of halogens is 4. The van der Waals surface area contributed by atoms with Gasteiger partial charge in [-0.15, -0.1) is 23.2 Å². The van der Waals surface area contributed by atoms with E-state index in [0.29, 0.717) is 10.0 Å². The van der Waals surface area contributed by atoms with Gasteiger partial charge in [0.05, 0.1) is 30.9 Å². The lowest BCUT2D eigenvalue weighted by molar-refractivity contribution is -0.141. The van der Waals surface area contributed by atoms with Crippen molar-refractivity contribution >= 4 is 78.7 Å². The Hall–Kier alpha value is -2.40. The lowest BCUT2D eigenvalue weighted by Gasteiger charge is -2.50. The summed E-state index contributed by atoms with van der Waals surface area (Å²) < 4.78 is 5.91. The first-order valence-electron chi connectivity index (χ1n) is 12.9. The second kappa shape index (κ2) is 10.1. The Kier molecular flexibility index (Phi) is 7.08. The molecule has 6 atom stereocenters. The number of allylic oxidation sites excluding steroid dienone is 2. The maximum Gasteiger partial charge on any atom is 0.254 e. The van der Waals surface area contributed by atoms with Crippen molar-refractivity contribution in [1.29, 1.82) is 0 Å². The third-order valence-electron chi connectivity index (χ3n) is 8.89. The van der Waals surface area contributed by atoms with Gasteiger partial charge in [0, 0.05) is 16.0 Å². The highest BCUT2D eigenvalue weighted by Gasteiger charge is 2.76. The molecule has 1 N–H and O–H groups in total. The first-order chi connectivity index (χ1) is 19.5. The molecule has 2 aromatic rings. The zero-order valence-corrected chi connectivity index (χ0v) is 26.3. The number of fused-ring (bicyclic) bond motifs is 4. The van der Waals surface area contributed by atoms with Gasteiger partial charge in [-0.25, -0.2) is 0 Å². The molecular weight excluding hydrogens is 703 g/mol. The lowest BCUT2D eigenvalue weighted by atomic mass is 9.56. The fourth-order valence-corrected chi connectivity index (χ4v) is 8.93. The van der Waals surface area contributed by atoms with Crippen LogP contribution >= 0.6 is 55.1 Å². The standard InChI is InChI=1S/C29H24Br2Cl2N2O6/c1-41-20-10-15(31)9-18(23(20)36)22-16-7-8-17-21(25(38)34(24(17)37)12-14-5-3-2-4-6-14)19(16)11-28(32)26(39)35(13-30)27(40)29(22,28)33/h2-7,9-10,17,19,21-22,36H,8,11-13H2,1H3. The fraction of sp³-hybridized carbons (Fsp3) is 0.379. The van der Waals surface area contributed by atoms with Crippen molar-refractivity contribution in [2.45, 2.75) is 35.1 Å². The topological polar surface area (TPSA) is 104 Å². The Balaban J connectivity index is 1.52. The fourth-order valence-electron chi connectivity index (χ4n) is 7.06. The number of likely N-dealkylation sites (tertiary alicyclic amines) is 2. The van der Waals surface area contributed by atoms with Crippen LogP contribution < -0.4 is 4.74 Å². The van der Waals surface area contributed by atoms with Crippen molar-refractivity contribution in [2.24, 2.45) is 17.8 Å². The number of imide groups is 2. The number of amides is 4. The van der Waals surface area contributed by atoms with Crippen LogP contribution in [0.4, 0.5) is 0 Å². The van der Waals surface area contributed by atoms with Crippen LogP contribution in [0.3, 0.4) is 0 Å². The van der Waals surface area contributed by atoms with Crippen molar-refractivity contribution in [3.63, 3.8) is 0 Å². The maximum atomic E-state index is 14.0. The third-order valence-corrected chi connectivity index (χ3v) is 11.3. The zero-order chi connectivity index (χ0) is 29.4. The number of aromatic hydroxyl groups is 1. The smallest absolute Gasteiger partial charge is 0.254 e. The molecule has 6 unspecified atom stereocenters. The number of rotatable bonds is 5. The first kappa shape index (κ1) is 28.7. The van der Waals surface area contributed by atoms with Crippen LogP contribution in [0.1, 0.15) is 29.9 Å². The number of phenols is 1. The molecule has 4 amide bonds. The highest BCUT2D eigenvalue weighted by atomic mass is 79.9. The van der Waals surface area contributed by atoms with E-state index < -0.39 is 45.2 Å². The predicted molar refractivity (Wildman–Crippen MR) is 158 cm³/mol. The van der Waals surface area contributed by atoms with Gasteiger partial charge >= 0.3 is 0 Å². The van der Waals surface area contributed by atoms with E-state index in [2.05, 4.69) is 31.9 Å². The second-order valence-corrected chi connectivity index (χ2v) is 13.4. The molecule has 41 heavy (non-hydrogen) atoms. The van der Waals surface area contributed by atoms with Gasteiger partial charge in [-0.1, -0.05) is 73.8 Å². The van der Waals surface area contributed by atoms with Crippen LogP contribution in [0.5, 0.6) is 11.5 Å². The molecule has 0 bridgehead atoms. The third kappa shape index (κ3) is 3.90. The van der Waals surface area contributed by atoms with E-state index in [-0.39, 0.29) is 53.7 Å². The molecule has 1 saturated carbocycles. The number of carbonyl (C=O) groups is 4. The Labute approximate surface area is 262 Å². The van der Waals surface area contributed by atoms with Crippen LogP contribution in [-0.4, -0.2) is 60.8 Å². The minimum atomic E-state index is -2.02. The number of phenolic OH excluding ortho intramolecular Hbond substituents is 1. The molecule has 2 heterocycles. The Bertz CT molecular complexity index is 1540. The Morgan fingerprint density at radius 3 is 2.39 bits per heavy atom. The number of methoxy groups -OCH3 is 1. The van der Waals surface area contributed by atoms with Gasteiger partial charge in [0.15, 0.2) is 21.2 Å². The SMILES string of the molecule is COc1cc(Br)cc(C2C3=CCC4C(=O)N(Cc5ccccc5)C(=O)C4C3CC3(Cl)C(=O)N(CBr)C(=O)C23Cl)c1O. The highest BCUT2D eigenvalue weighted by molar-refractivity contribution is 9.10. The maximum absolute atomic E-state index is 14.0. The Morgan fingerprint density at radius 1 is 1.02 bits per heavy atom. The highest BCUT2D eigenvalue weighted by Crippen LogP contribution is 2.66. The van der Waals surface area contributed by atoms with Crippen molar-refractivity contribution in [3.05, 3.63) is 69.7 Å². The first-order valence-corrected chi connectivity index (χ1v) is 15.6. The summed E-state index contributed by atoms with van der Waals surface area (Å²) in [5.41, 5.74) is 1.49. The summed E-state index contributed by atoms with van der Waals surface area (Å²) in [6, 6.07) is 12.4. The summed E-state index contributed by atoms with van der Waals surface area (Å²) in [6.07, 6.45) is 1.94. The predicted octanol–water partition coefficient (Wildman–Crippen LogP) is 5.07. The number of nitrogens with zero attached hydrogens (tertiary/aromatic N) is 2. The van der Waals surface area contributed by atoms with Crippen LogP contribution in [0.15, 0.2) is 58.6 Å². The second-order valence-electron chi connectivity index (χ2n) is 10.8. The number of hydrogen-bond donors (Lipinski definition) is 1. The van der Waals surface area contributed by atoms with Crippen LogP contribution in [-0.2, 0) is 25.7 Å². The molecule has 0 aromatic heterocycles. The molecule has 4 aliphatic rings. The molecule has 2 aliphatic carbocycles. The quantitative estimate of drug-likeness (QED) is 0.200. The van der Waals surface area contributed by atoms with Gasteiger partial charge in [-0.2, -0.15) is 0 Å². The van der Waals surface area contributed by atoms with Gasteiger partial charge in [0.1, 0.15) is 0 Å². The summed E-state index contributed by atoms with van der Waals surface area (Å²) in [5.74, 6) is -5.41. The molecule has 8 nitrogen and oxygen atoms in total. The molecule has 2 saturated heterocycles. The molecular formula is C29H24Br2Cl2N2O6. The molecule has 2 aromatic carbocycles. The van der Waals surface area contributed by atoms with Gasteiger partial charge in [-0.05, 0) is 36.5 Å². The van der Waals surface area contributed by atoms with Gasteiger partial charge in [-0.3, -0.25) is 29.0 Å². The Morgan fingerprint density at radius 2 is 1.73 bits per heavy atom. The summed E-state index contributed by atoms with van der Waals surface area (Å²) in [5, 5.41) is 11.3. The van der Waals surface area contributed by atoms with E-state index in [9.17, 15) is 24.3 Å². The van der Waals surface area contributed by atoms with Gasteiger partial charge < -0.3 is 9.84 Å². The van der Waals surface area contributed by atoms with Crippen molar-refractivity contribution in [1.82, 2.24) is 9.80 Å². The number of benzene rings is 2. The van der Waals surface area contributed by atoms with E-state index in [0.717, 1.165) is 10.5 Å². The molecule has 6 rings (SSSR count). The number of alkyl halides is 3. The minimum Gasteiger partial charge on any atom is -0.504 e. The molecule has 214 valence electrons. The normalized spacial score (nSPS) is 32.6. The van der Waals surface area contributed by atoms with E-state index >= 15 is 0 Å². The van der Waals surface area contributed by atoms with Crippen LogP contribution in [0.2, 0.25) is 0 Å². The number of ether oxygens (including phenoxy) is 1. The summed E-state index contributed by atoms with van der Waals surface area (Å²) in [7, 11) is 1.39. The summed E-state index contributed by atoms with van der Waals surface area (Å²) in [4.78, 5) is 53.4. The molecule has 3 fully saturated rings. The average Bonchev–Trinajstić information content (AvgIpc) is 3.28. The largest absolute Gasteiger partial charge is 0.504 e. The molecule has 2 aliphatic heterocycles. The van der Waals surface area contributed by atoms with Crippen LogP contribution in [0.25, 0.3) is 0 Å². The van der Waals surface area contributed by atoms with E-state index in [1.54, 1.807) is 12.1 Å². The lowest BCUT2D eigenvalue weighted by Crippen LogP contribution is -2.60. The molecule has 12 heteroatoms. The average molecular weight is 727 g/mol. The summed E-state index contributed by atoms with van der Waals surface area (Å²) in [6.45, 7) is 0.126. The van der Waals surface area contributed by atoms with Gasteiger partial charge in [0.25, 0.3) is 11.8 Å².